The third kappa shape index (κ3) is 6.02. The van der Waals surface area contributed by atoms with Crippen molar-refractivity contribution in [2.75, 3.05) is 29.5 Å². The second-order valence-electron chi connectivity index (χ2n) is 5.18. The molecule has 0 fully saturated rings. The summed E-state index contributed by atoms with van der Waals surface area (Å²) < 4.78 is 1.03. The maximum atomic E-state index is 4.42. The number of hydrogen-bond donors (Lipinski definition) is 3. The minimum absolute atomic E-state index is 0.516. The second kappa shape index (κ2) is 9.29. The molecule has 0 aliphatic carbocycles. The van der Waals surface area contributed by atoms with Crippen molar-refractivity contribution in [1.29, 1.82) is 0 Å². The van der Waals surface area contributed by atoms with Crippen LogP contribution in [0.2, 0.25) is 0 Å². The molecule has 0 saturated heterocycles. The largest absolute Gasteiger partial charge is 0.357 e. The van der Waals surface area contributed by atoms with Crippen LogP contribution in [-0.2, 0) is 0 Å². The Morgan fingerprint density at radius 1 is 0.913 bits per heavy atom. The van der Waals surface area contributed by atoms with Gasteiger partial charge in [-0.05, 0) is 30.7 Å². The predicted octanol–water partition coefficient (Wildman–Crippen LogP) is 4.41. The zero-order chi connectivity index (χ0) is 16.5. The number of aromatic nitrogens is 3. The molecule has 1 heterocycles. The molecular weight excluding hydrogens is 356 g/mol. The summed E-state index contributed by atoms with van der Waals surface area (Å²) in [5.41, 5.74) is 0.926. The second-order valence-corrected chi connectivity index (χ2v) is 6.09. The fraction of sp³-hybridized carbons (Fsp3) is 0.438. The highest BCUT2D eigenvalue weighted by Gasteiger charge is 2.06. The third-order valence-corrected chi connectivity index (χ3v) is 3.80. The van der Waals surface area contributed by atoms with E-state index in [1.165, 1.54) is 19.3 Å². The first-order chi connectivity index (χ1) is 11.2. The molecule has 0 spiro atoms. The Balaban J connectivity index is 2.01. The Morgan fingerprint density at radius 3 is 2.30 bits per heavy atom. The lowest BCUT2D eigenvalue weighted by molar-refractivity contribution is 0.683. The van der Waals surface area contributed by atoms with E-state index in [2.05, 4.69) is 53.8 Å². The summed E-state index contributed by atoms with van der Waals surface area (Å²) in [6.45, 7) is 3.07. The first kappa shape index (κ1) is 17.5. The van der Waals surface area contributed by atoms with Crippen molar-refractivity contribution in [2.45, 2.75) is 32.6 Å². The van der Waals surface area contributed by atoms with Gasteiger partial charge >= 0.3 is 0 Å². The van der Waals surface area contributed by atoms with Crippen molar-refractivity contribution in [3.8, 4) is 0 Å². The van der Waals surface area contributed by atoms with E-state index in [-0.39, 0.29) is 0 Å². The lowest BCUT2D eigenvalue weighted by Gasteiger charge is -2.10. The number of benzene rings is 1. The number of unbranched alkanes of at least 4 members (excludes halogenated alkanes) is 3. The van der Waals surface area contributed by atoms with E-state index in [1.54, 1.807) is 7.05 Å². The number of nitrogens with zero attached hydrogens (tertiary/aromatic N) is 3. The molecule has 124 valence electrons. The van der Waals surface area contributed by atoms with Gasteiger partial charge in [-0.2, -0.15) is 15.0 Å². The molecule has 0 aliphatic heterocycles. The molecule has 3 N–H and O–H groups in total. The monoisotopic (exact) mass is 378 g/mol. The van der Waals surface area contributed by atoms with E-state index in [9.17, 15) is 0 Å². The Morgan fingerprint density at radius 2 is 1.61 bits per heavy atom. The van der Waals surface area contributed by atoms with Gasteiger partial charge in [0.05, 0.1) is 0 Å². The summed E-state index contributed by atoms with van der Waals surface area (Å²) >= 11 is 3.42. The first-order valence-corrected chi connectivity index (χ1v) is 8.71. The molecule has 0 atom stereocenters. The van der Waals surface area contributed by atoms with Crippen molar-refractivity contribution >= 4 is 39.5 Å². The Bertz CT molecular complexity index is 602. The predicted molar refractivity (Wildman–Crippen MR) is 99.4 cm³/mol. The van der Waals surface area contributed by atoms with Crippen LogP contribution in [0.3, 0.4) is 0 Å². The molecule has 0 radical (unpaired) electrons. The molecule has 0 unspecified atom stereocenters. The van der Waals surface area contributed by atoms with Gasteiger partial charge in [0.2, 0.25) is 17.8 Å². The fourth-order valence-electron chi connectivity index (χ4n) is 2.04. The fourth-order valence-corrected chi connectivity index (χ4v) is 2.30. The van der Waals surface area contributed by atoms with Gasteiger partial charge in [-0.15, -0.1) is 0 Å². The molecule has 0 aliphatic rings. The van der Waals surface area contributed by atoms with Crippen LogP contribution in [0.4, 0.5) is 23.5 Å². The molecule has 0 amide bonds. The molecule has 0 saturated carbocycles. The summed E-state index contributed by atoms with van der Waals surface area (Å²) in [5.74, 6) is 1.64. The van der Waals surface area contributed by atoms with Crippen molar-refractivity contribution in [3.63, 3.8) is 0 Å². The first-order valence-electron chi connectivity index (χ1n) is 7.91. The van der Waals surface area contributed by atoms with Gasteiger partial charge in [0.15, 0.2) is 0 Å². The normalized spacial score (nSPS) is 10.4. The average Bonchev–Trinajstić information content (AvgIpc) is 2.56. The Kier molecular flexibility index (Phi) is 7.06. The summed E-state index contributed by atoms with van der Waals surface area (Å²) in [6, 6.07) is 7.86. The summed E-state index contributed by atoms with van der Waals surface area (Å²) in [6.07, 6.45) is 4.83. The standard InChI is InChI=1S/C16H23BrN6/c1-3-4-5-6-11-19-15-21-14(18-2)22-16(23-15)20-13-9-7-12(17)8-10-13/h7-10H,3-6,11H2,1-2H3,(H3,18,19,20,21,22,23). The number of hydrogen-bond acceptors (Lipinski definition) is 6. The van der Waals surface area contributed by atoms with Crippen LogP contribution in [0.25, 0.3) is 0 Å². The van der Waals surface area contributed by atoms with E-state index in [4.69, 9.17) is 0 Å². The van der Waals surface area contributed by atoms with Crippen LogP contribution in [0.1, 0.15) is 32.6 Å². The molecule has 0 bridgehead atoms. The topological polar surface area (TPSA) is 74.8 Å². The van der Waals surface area contributed by atoms with Crippen LogP contribution in [0.15, 0.2) is 28.7 Å². The number of halogens is 1. The van der Waals surface area contributed by atoms with Crippen LogP contribution < -0.4 is 16.0 Å². The zero-order valence-electron chi connectivity index (χ0n) is 13.6. The van der Waals surface area contributed by atoms with Gasteiger partial charge in [-0.1, -0.05) is 42.1 Å². The molecule has 2 aromatic rings. The van der Waals surface area contributed by atoms with E-state index < -0.39 is 0 Å². The van der Waals surface area contributed by atoms with Gasteiger partial charge in [0.1, 0.15) is 0 Å². The minimum Gasteiger partial charge on any atom is -0.357 e. The van der Waals surface area contributed by atoms with Gasteiger partial charge in [0, 0.05) is 23.8 Å². The summed E-state index contributed by atoms with van der Waals surface area (Å²) in [5, 5.41) is 9.42. The molecule has 1 aromatic heterocycles. The van der Waals surface area contributed by atoms with Crippen molar-refractivity contribution < 1.29 is 0 Å². The molecule has 6 nitrogen and oxygen atoms in total. The molecule has 23 heavy (non-hydrogen) atoms. The van der Waals surface area contributed by atoms with E-state index in [1.807, 2.05) is 24.3 Å². The highest BCUT2D eigenvalue weighted by Crippen LogP contribution is 2.18. The lowest BCUT2D eigenvalue weighted by atomic mass is 10.2. The quantitative estimate of drug-likeness (QED) is 0.561. The number of nitrogens with one attached hydrogen (secondary N) is 3. The summed E-state index contributed by atoms with van der Waals surface area (Å²) in [7, 11) is 1.80. The van der Waals surface area contributed by atoms with E-state index >= 15 is 0 Å². The zero-order valence-corrected chi connectivity index (χ0v) is 15.2. The number of anilines is 4. The van der Waals surface area contributed by atoms with Crippen molar-refractivity contribution in [3.05, 3.63) is 28.7 Å². The number of rotatable bonds is 9. The Hall–Kier alpha value is -1.89. The molecule has 2 rings (SSSR count). The van der Waals surface area contributed by atoms with Crippen molar-refractivity contribution in [2.24, 2.45) is 0 Å². The smallest absolute Gasteiger partial charge is 0.233 e. The molecule has 7 heteroatoms. The highest BCUT2D eigenvalue weighted by atomic mass is 79.9. The SMILES string of the molecule is CCCCCCNc1nc(NC)nc(Nc2ccc(Br)cc2)n1. The van der Waals surface area contributed by atoms with E-state index in [0.29, 0.717) is 17.8 Å². The lowest BCUT2D eigenvalue weighted by Crippen LogP contribution is -2.10. The highest BCUT2D eigenvalue weighted by molar-refractivity contribution is 9.10. The van der Waals surface area contributed by atoms with E-state index in [0.717, 1.165) is 23.1 Å². The van der Waals surface area contributed by atoms with Gasteiger partial charge < -0.3 is 16.0 Å². The third-order valence-electron chi connectivity index (χ3n) is 3.27. The van der Waals surface area contributed by atoms with Gasteiger partial charge in [-0.3, -0.25) is 0 Å². The maximum Gasteiger partial charge on any atom is 0.233 e. The van der Waals surface area contributed by atoms with Gasteiger partial charge in [0.25, 0.3) is 0 Å². The molecule has 1 aromatic carbocycles. The molecular formula is C16H23BrN6. The Labute approximate surface area is 145 Å². The van der Waals surface area contributed by atoms with Crippen LogP contribution in [-0.4, -0.2) is 28.5 Å². The maximum absolute atomic E-state index is 4.42. The van der Waals surface area contributed by atoms with Gasteiger partial charge in [-0.25, -0.2) is 0 Å². The summed E-state index contributed by atoms with van der Waals surface area (Å²) in [4.78, 5) is 13.1. The van der Waals surface area contributed by atoms with Crippen LogP contribution >= 0.6 is 15.9 Å². The van der Waals surface area contributed by atoms with Crippen LogP contribution in [0.5, 0.6) is 0 Å². The van der Waals surface area contributed by atoms with Crippen molar-refractivity contribution in [1.82, 2.24) is 15.0 Å². The minimum atomic E-state index is 0.516. The van der Waals surface area contributed by atoms with Crippen LogP contribution in [0, 0.1) is 0 Å². The average molecular weight is 379 g/mol.